The number of nitrogens with zero attached hydrogens (tertiary/aromatic N) is 4. The summed E-state index contributed by atoms with van der Waals surface area (Å²) in [6, 6.07) is 2.14. The zero-order valence-corrected chi connectivity index (χ0v) is 19.0. The Bertz CT molecular complexity index is 1370. The summed E-state index contributed by atoms with van der Waals surface area (Å²) in [5.74, 6) is 0. The van der Waals surface area contributed by atoms with Gasteiger partial charge in [0.05, 0.1) is 45.6 Å². The van der Waals surface area contributed by atoms with Crippen LogP contribution in [-0.4, -0.2) is 22.8 Å². The molecule has 0 aromatic carbocycles. The number of aryl methyl sites for hydroxylation is 1. The van der Waals surface area contributed by atoms with E-state index in [2.05, 4.69) is 35.5 Å². The van der Waals surface area contributed by atoms with Crippen LogP contribution in [0.5, 0.6) is 0 Å². The minimum atomic E-state index is 0.888. The van der Waals surface area contributed by atoms with Crippen LogP contribution >= 0.6 is 11.3 Å². The van der Waals surface area contributed by atoms with Crippen LogP contribution in [0.25, 0.3) is 5.57 Å². The minimum absolute atomic E-state index is 0.888. The van der Waals surface area contributed by atoms with Crippen LogP contribution in [0.15, 0.2) is 121 Å². The van der Waals surface area contributed by atoms with Gasteiger partial charge in [0, 0.05) is 10.5 Å². The van der Waals surface area contributed by atoms with Crippen LogP contribution in [0.4, 0.5) is 0 Å². The molecule has 0 saturated heterocycles. The molecule has 0 radical (unpaired) electrons. The molecular formula is C27H22N4S. The Kier molecular flexibility index (Phi) is 5.33. The molecule has 0 fully saturated rings. The van der Waals surface area contributed by atoms with Crippen LogP contribution in [0.1, 0.15) is 24.3 Å². The SMILES string of the molecule is CC.Cc1ccsc1C1=CC2=CC3=NC(=CC4=NC(=CC5=NC(=CC1=N2)C=C5)C=C4)C=C3. The van der Waals surface area contributed by atoms with Crippen LogP contribution < -0.4 is 0 Å². The number of aliphatic imine (C=N–C) groups is 4. The van der Waals surface area contributed by atoms with Crippen molar-refractivity contribution in [3.05, 3.63) is 112 Å². The number of hydrogen-bond donors (Lipinski definition) is 0. The number of fused-ring (bicyclic) bond motifs is 4. The Labute approximate surface area is 192 Å². The summed E-state index contributed by atoms with van der Waals surface area (Å²) in [6.07, 6.45) is 22.2. The smallest absolute Gasteiger partial charge is 0.0745 e. The normalized spacial score (nSPS) is 19.8. The maximum atomic E-state index is 4.90. The second-order valence-corrected chi connectivity index (χ2v) is 8.29. The molecule has 32 heavy (non-hydrogen) atoms. The molecule has 0 amide bonds. The topological polar surface area (TPSA) is 49.4 Å². The Morgan fingerprint density at radius 2 is 1.12 bits per heavy atom. The highest BCUT2D eigenvalue weighted by Gasteiger charge is 2.20. The lowest BCUT2D eigenvalue weighted by molar-refractivity contribution is 1.41. The monoisotopic (exact) mass is 434 g/mol. The molecule has 0 saturated carbocycles. The van der Waals surface area contributed by atoms with Crippen molar-refractivity contribution in [3.63, 3.8) is 0 Å². The molecular weight excluding hydrogens is 412 g/mol. The highest BCUT2D eigenvalue weighted by Crippen LogP contribution is 2.33. The average molecular weight is 435 g/mol. The van der Waals surface area contributed by atoms with E-state index in [9.17, 15) is 0 Å². The zero-order valence-electron chi connectivity index (χ0n) is 18.2. The predicted molar refractivity (Wildman–Crippen MR) is 138 cm³/mol. The molecule has 0 aliphatic carbocycles. The van der Waals surface area contributed by atoms with E-state index in [0.717, 1.165) is 51.2 Å². The predicted octanol–water partition coefficient (Wildman–Crippen LogP) is 6.50. The summed E-state index contributed by atoms with van der Waals surface area (Å²) >= 11 is 1.74. The molecule has 0 N–H and O–H groups in total. The van der Waals surface area contributed by atoms with E-state index in [1.165, 1.54) is 10.4 Å². The first-order chi connectivity index (χ1) is 15.7. The van der Waals surface area contributed by atoms with Crippen LogP contribution in [0, 0.1) is 6.92 Å². The van der Waals surface area contributed by atoms with Gasteiger partial charge in [-0.2, -0.15) is 0 Å². The Morgan fingerprint density at radius 1 is 0.594 bits per heavy atom. The van der Waals surface area contributed by atoms with Gasteiger partial charge in [0.15, 0.2) is 0 Å². The molecule has 1 aromatic rings. The van der Waals surface area contributed by atoms with Gasteiger partial charge in [0.2, 0.25) is 0 Å². The average Bonchev–Trinajstić information content (AvgIpc) is 3.59. The lowest BCUT2D eigenvalue weighted by Crippen LogP contribution is -1.95. The van der Waals surface area contributed by atoms with Gasteiger partial charge < -0.3 is 0 Å². The second kappa shape index (κ2) is 8.44. The van der Waals surface area contributed by atoms with E-state index < -0.39 is 0 Å². The van der Waals surface area contributed by atoms with Crippen molar-refractivity contribution in [1.82, 2.24) is 0 Å². The maximum Gasteiger partial charge on any atom is 0.0745 e. The number of rotatable bonds is 1. The van der Waals surface area contributed by atoms with Crippen molar-refractivity contribution < 1.29 is 0 Å². The quantitative estimate of drug-likeness (QED) is 0.484. The number of allylic oxidation sites excluding steroid dienone is 12. The summed E-state index contributed by atoms with van der Waals surface area (Å²) in [5, 5.41) is 2.12. The van der Waals surface area contributed by atoms with Gasteiger partial charge in [0.1, 0.15) is 0 Å². The molecule has 5 aliphatic rings. The highest BCUT2D eigenvalue weighted by molar-refractivity contribution is 7.11. The van der Waals surface area contributed by atoms with Crippen molar-refractivity contribution in [3.8, 4) is 0 Å². The highest BCUT2D eigenvalue weighted by atomic mass is 32.1. The molecule has 6 rings (SSSR count). The Balaban J connectivity index is 0.00000105. The molecule has 0 spiro atoms. The molecule has 6 heterocycles. The summed E-state index contributed by atoms with van der Waals surface area (Å²) in [7, 11) is 0. The molecule has 5 aliphatic heterocycles. The third-order valence-corrected chi connectivity index (χ3v) is 6.20. The first-order valence-corrected chi connectivity index (χ1v) is 11.6. The molecule has 0 atom stereocenters. The van der Waals surface area contributed by atoms with E-state index in [4.69, 9.17) is 15.0 Å². The van der Waals surface area contributed by atoms with Crippen molar-refractivity contribution in [2.24, 2.45) is 20.0 Å². The number of hydrogen-bond acceptors (Lipinski definition) is 5. The maximum absolute atomic E-state index is 4.90. The first-order valence-electron chi connectivity index (χ1n) is 10.7. The van der Waals surface area contributed by atoms with Crippen LogP contribution in [0.2, 0.25) is 0 Å². The summed E-state index contributed by atoms with van der Waals surface area (Å²) in [4.78, 5) is 20.2. The zero-order chi connectivity index (χ0) is 22.1. The molecule has 156 valence electrons. The fourth-order valence-electron chi connectivity index (χ4n) is 3.73. The molecule has 4 nitrogen and oxygen atoms in total. The fraction of sp³-hybridized carbons (Fsp3) is 0.111. The molecule has 5 heteroatoms. The third-order valence-electron chi connectivity index (χ3n) is 5.15. The Hall–Kier alpha value is -3.70. The molecule has 0 unspecified atom stereocenters. The first kappa shape index (κ1) is 20.2. The number of thiophene rings is 1. The van der Waals surface area contributed by atoms with E-state index >= 15 is 0 Å². The summed E-state index contributed by atoms with van der Waals surface area (Å²) in [5.41, 5.74) is 9.54. The van der Waals surface area contributed by atoms with E-state index in [-0.39, 0.29) is 0 Å². The largest absolute Gasteiger partial charge is 0.249 e. The molecule has 1 aromatic heterocycles. The van der Waals surface area contributed by atoms with Gasteiger partial charge in [-0.1, -0.05) is 13.8 Å². The van der Waals surface area contributed by atoms with Gasteiger partial charge in [-0.05, 0) is 90.8 Å². The van der Waals surface area contributed by atoms with E-state index in [1.54, 1.807) is 11.3 Å². The third kappa shape index (κ3) is 3.95. The van der Waals surface area contributed by atoms with Crippen LogP contribution in [0.3, 0.4) is 0 Å². The van der Waals surface area contributed by atoms with Gasteiger partial charge in [-0.3, -0.25) is 0 Å². The van der Waals surface area contributed by atoms with Crippen molar-refractivity contribution in [2.75, 3.05) is 0 Å². The van der Waals surface area contributed by atoms with Crippen molar-refractivity contribution >= 4 is 39.8 Å². The standard InChI is InChI=1S/C25H16N4S.C2H6/c1-15-8-9-30-25(15)23-13-22-12-20-5-4-18(27-20)10-16-2-3-17(26-16)11-19-6-7-21(28-19)14-24(23)29-22;1-2/h2-14H,1H3;1-2H3. The summed E-state index contributed by atoms with van der Waals surface area (Å²) in [6.45, 7) is 6.14. The van der Waals surface area contributed by atoms with E-state index in [0.29, 0.717) is 0 Å². The van der Waals surface area contributed by atoms with Gasteiger partial charge in [-0.25, -0.2) is 20.0 Å². The van der Waals surface area contributed by atoms with Crippen LogP contribution in [-0.2, 0) is 0 Å². The van der Waals surface area contributed by atoms with E-state index in [1.807, 2.05) is 68.5 Å². The lowest BCUT2D eigenvalue weighted by Gasteiger charge is -2.02. The van der Waals surface area contributed by atoms with Crippen molar-refractivity contribution in [2.45, 2.75) is 20.8 Å². The lowest BCUT2D eigenvalue weighted by atomic mass is 10.1. The minimum Gasteiger partial charge on any atom is -0.249 e. The summed E-state index contributed by atoms with van der Waals surface area (Å²) < 4.78 is 0. The fourth-order valence-corrected chi connectivity index (χ4v) is 4.68. The Morgan fingerprint density at radius 3 is 1.66 bits per heavy atom. The van der Waals surface area contributed by atoms with Gasteiger partial charge in [0.25, 0.3) is 0 Å². The van der Waals surface area contributed by atoms with Gasteiger partial charge in [-0.15, -0.1) is 11.3 Å². The van der Waals surface area contributed by atoms with Crippen molar-refractivity contribution in [1.29, 1.82) is 0 Å². The molecule has 8 bridgehead atoms. The second-order valence-electron chi connectivity index (χ2n) is 7.37. The van der Waals surface area contributed by atoms with Gasteiger partial charge >= 0.3 is 0 Å².